The lowest BCUT2D eigenvalue weighted by atomic mass is 10.0. The van der Waals surface area contributed by atoms with E-state index in [9.17, 15) is 18.7 Å². The molecule has 198 valence electrons. The minimum Gasteiger partial charge on any atom is -0.390 e. The maximum atomic E-state index is 13.9. The standard InChI is InChI=1S/C30H32F2N4O2/c1-2-21-9-6-10-23(13-21)18-33-19-28(37)27(16-24-14-25(31)17-26(32)15-24)35-30(38)29-34-11-12-36(29)20-22-7-4-3-5-8-22/h3-15,17,27-28,33,37H,2,16,18-20H2,1H3,(H,35,38)/t27-,28-/m0/s1. The lowest BCUT2D eigenvalue weighted by Gasteiger charge is -2.25. The van der Waals surface area contributed by atoms with Gasteiger partial charge < -0.3 is 20.3 Å². The Labute approximate surface area is 221 Å². The average molecular weight is 519 g/mol. The molecule has 3 aromatic carbocycles. The molecule has 0 radical (unpaired) electrons. The van der Waals surface area contributed by atoms with Crippen molar-refractivity contribution in [3.63, 3.8) is 0 Å². The number of carbonyl (C=O) groups excluding carboxylic acids is 1. The van der Waals surface area contributed by atoms with E-state index < -0.39 is 29.7 Å². The van der Waals surface area contributed by atoms with Crippen molar-refractivity contribution >= 4 is 5.91 Å². The summed E-state index contributed by atoms with van der Waals surface area (Å²) in [5, 5.41) is 17.1. The van der Waals surface area contributed by atoms with Gasteiger partial charge >= 0.3 is 0 Å². The van der Waals surface area contributed by atoms with E-state index in [0.29, 0.717) is 18.7 Å². The Kier molecular flexibility index (Phi) is 9.35. The van der Waals surface area contributed by atoms with Gasteiger partial charge in [0.1, 0.15) is 11.6 Å². The largest absolute Gasteiger partial charge is 0.390 e. The van der Waals surface area contributed by atoms with Gasteiger partial charge in [-0.25, -0.2) is 13.8 Å². The van der Waals surface area contributed by atoms with E-state index in [1.54, 1.807) is 10.8 Å². The molecule has 0 aliphatic carbocycles. The first-order valence-corrected chi connectivity index (χ1v) is 12.7. The molecule has 6 nitrogen and oxygen atoms in total. The number of amides is 1. The van der Waals surface area contributed by atoms with Crippen LogP contribution in [0.4, 0.5) is 8.78 Å². The normalized spacial score (nSPS) is 12.7. The van der Waals surface area contributed by atoms with Gasteiger partial charge in [0.05, 0.1) is 12.1 Å². The molecule has 0 saturated carbocycles. The topological polar surface area (TPSA) is 79.2 Å². The Balaban J connectivity index is 1.47. The number of halogens is 2. The second kappa shape index (κ2) is 13.1. The number of aromatic nitrogens is 2. The van der Waals surface area contributed by atoms with Crippen LogP contribution in [0, 0.1) is 11.6 Å². The van der Waals surface area contributed by atoms with Crippen LogP contribution in [0.15, 0.2) is 85.2 Å². The number of hydrogen-bond acceptors (Lipinski definition) is 4. The zero-order valence-electron chi connectivity index (χ0n) is 21.3. The van der Waals surface area contributed by atoms with Crippen molar-refractivity contribution in [2.45, 2.75) is 45.0 Å². The monoisotopic (exact) mass is 518 g/mol. The molecule has 3 N–H and O–H groups in total. The lowest BCUT2D eigenvalue weighted by Crippen LogP contribution is -2.49. The first kappa shape index (κ1) is 27.2. The van der Waals surface area contributed by atoms with Crippen LogP contribution in [0.25, 0.3) is 0 Å². The van der Waals surface area contributed by atoms with Crippen molar-refractivity contribution in [3.05, 3.63) is 125 Å². The summed E-state index contributed by atoms with van der Waals surface area (Å²) in [5.41, 5.74) is 3.62. The fraction of sp³-hybridized carbons (Fsp3) is 0.267. The quantitative estimate of drug-likeness (QED) is 0.262. The van der Waals surface area contributed by atoms with Crippen LogP contribution in [-0.2, 0) is 25.9 Å². The number of aliphatic hydroxyl groups excluding tert-OH is 1. The third kappa shape index (κ3) is 7.57. The van der Waals surface area contributed by atoms with E-state index >= 15 is 0 Å². The predicted octanol–water partition coefficient (Wildman–Crippen LogP) is 4.26. The molecule has 4 rings (SSSR count). The smallest absolute Gasteiger partial charge is 0.287 e. The van der Waals surface area contributed by atoms with Crippen molar-refractivity contribution in [2.24, 2.45) is 0 Å². The highest BCUT2D eigenvalue weighted by molar-refractivity contribution is 5.91. The van der Waals surface area contributed by atoms with E-state index in [1.807, 2.05) is 42.5 Å². The van der Waals surface area contributed by atoms with Crippen molar-refractivity contribution in [1.82, 2.24) is 20.2 Å². The molecule has 38 heavy (non-hydrogen) atoms. The molecule has 0 unspecified atom stereocenters. The fourth-order valence-corrected chi connectivity index (χ4v) is 4.39. The van der Waals surface area contributed by atoms with Crippen molar-refractivity contribution in [3.8, 4) is 0 Å². The van der Waals surface area contributed by atoms with Crippen LogP contribution < -0.4 is 10.6 Å². The molecular formula is C30H32F2N4O2. The van der Waals surface area contributed by atoms with E-state index in [1.165, 1.54) is 23.9 Å². The third-order valence-electron chi connectivity index (χ3n) is 6.36. The van der Waals surface area contributed by atoms with Crippen LogP contribution in [-0.4, -0.2) is 39.3 Å². The summed E-state index contributed by atoms with van der Waals surface area (Å²) in [6, 6.07) is 20.2. The van der Waals surface area contributed by atoms with Gasteiger partial charge in [0.2, 0.25) is 0 Å². The molecule has 0 bridgehead atoms. The van der Waals surface area contributed by atoms with Gasteiger partial charge in [-0.3, -0.25) is 4.79 Å². The fourth-order valence-electron chi connectivity index (χ4n) is 4.39. The van der Waals surface area contributed by atoms with Crippen LogP contribution in [0.2, 0.25) is 0 Å². The first-order chi connectivity index (χ1) is 18.4. The van der Waals surface area contributed by atoms with E-state index in [-0.39, 0.29) is 18.8 Å². The summed E-state index contributed by atoms with van der Waals surface area (Å²) in [6.07, 6.45) is 3.18. The number of imidazole rings is 1. The maximum absolute atomic E-state index is 13.9. The highest BCUT2D eigenvalue weighted by Gasteiger charge is 2.25. The third-order valence-corrected chi connectivity index (χ3v) is 6.36. The van der Waals surface area contributed by atoms with E-state index in [2.05, 4.69) is 34.7 Å². The molecule has 8 heteroatoms. The molecule has 0 spiro atoms. The van der Waals surface area contributed by atoms with Crippen LogP contribution >= 0.6 is 0 Å². The highest BCUT2D eigenvalue weighted by atomic mass is 19.1. The molecule has 1 amide bonds. The molecular weight excluding hydrogens is 486 g/mol. The van der Waals surface area contributed by atoms with Crippen LogP contribution in [0.5, 0.6) is 0 Å². The Bertz CT molecular complexity index is 1320. The number of rotatable bonds is 12. The zero-order valence-corrected chi connectivity index (χ0v) is 21.3. The van der Waals surface area contributed by atoms with Gasteiger partial charge in [0, 0.05) is 38.1 Å². The van der Waals surface area contributed by atoms with E-state index in [4.69, 9.17) is 0 Å². The molecule has 1 aromatic heterocycles. The highest BCUT2D eigenvalue weighted by Crippen LogP contribution is 2.13. The molecule has 4 aromatic rings. The molecule has 0 aliphatic heterocycles. The second-order valence-corrected chi connectivity index (χ2v) is 9.30. The van der Waals surface area contributed by atoms with Gasteiger partial charge in [-0.1, -0.05) is 61.5 Å². The molecule has 1 heterocycles. The number of carbonyl (C=O) groups is 1. The summed E-state index contributed by atoms with van der Waals surface area (Å²) in [6.45, 7) is 3.23. The van der Waals surface area contributed by atoms with Gasteiger partial charge in [-0.05, 0) is 47.2 Å². The number of benzene rings is 3. The molecule has 0 fully saturated rings. The van der Waals surface area contributed by atoms with Gasteiger partial charge in [0.25, 0.3) is 5.91 Å². The summed E-state index contributed by atoms with van der Waals surface area (Å²) < 4.78 is 29.4. The summed E-state index contributed by atoms with van der Waals surface area (Å²) in [7, 11) is 0. The number of aliphatic hydroxyl groups is 1. The van der Waals surface area contributed by atoms with Gasteiger partial charge in [-0.15, -0.1) is 0 Å². The number of nitrogens with zero attached hydrogens (tertiary/aromatic N) is 2. The van der Waals surface area contributed by atoms with Crippen molar-refractivity contribution < 1.29 is 18.7 Å². The zero-order chi connectivity index (χ0) is 26.9. The lowest BCUT2D eigenvalue weighted by molar-refractivity contribution is 0.0817. The minimum atomic E-state index is -1.03. The Morgan fingerprint density at radius 3 is 2.39 bits per heavy atom. The number of aryl methyl sites for hydroxylation is 1. The number of nitrogens with one attached hydrogen (secondary N) is 2. The molecule has 0 aliphatic rings. The minimum absolute atomic E-state index is 0.0357. The van der Waals surface area contributed by atoms with Gasteiger partial charge in [-0.2, -0.15) is 0 Å². The van der Waals surface area contributed by atoms with Crippen molar-refractivity contribution in [1.29, 1.82) is 0 Å². The average Bonchev–Trinajstić information content (AvgIpc) is 3.36. The van der Waals surface area contributed by atoms with Crippen LogP contribution in [0.3, 0.4) is 0 Å². The predicted molar refractivity (Wildman–Crippen MR) is 143 cm³/mol. The maximum Gasteiger partial charge on any atom is 0.287 e. The first-order valence-electron chi connectivity index (χ1n) is 12.7. The summed E-state index contributed by atoms with van der Waals surface area (Å²) in [5.74, 6) is -1.73. The Morgan fingerprint density at radius 1 is 0.947 bits per heavy atom. The number of hydrogen-bond donors (Lipinski definition) is 3. The summed E-state index contributed by atoms with van der Waals surface area (Å²) in [4.78, 5) is 17.5. The van der Waals surface area contributed by atoms with E-state index in [0.717, 1.165) is 23.6 Å². The van der Waals surface area contributed by atoms with Crippen molar-refractivity contribution in [2.75, 3.05) is 6.54 Å². The molecule has 0 saturated heterocycles. The Hall–Kier alpha value is -3.88. The van der Waals surface area contributed by atoms with Gasteiger partial charge in [0.15, 0.2) is 5.82 Å². The SMILES string of the molecule is CCc1cccc(CNC[C@H](O)[C@H](Cc2cc(F)cc(F)c2)NC(=O)c2nccn2Cc2ccccc2)c1. The second-order valence-electron chi connectivity index (χ2n) is 9.30. The van der Waals surface area contributed by atoms with Crippen LogP contribution in [0.1, 0.15) is 39.8 Å². The summed E-state index contributed by atoms with van der Waals surface area (Å²) >= 11 is 0. The Morgan fingerprint density at radius 2 is 1.66 bits per heavy atom. The molecule has 2 atom stereocenters.